The molecule has 0 radical (unpaired) electrons. The van der Waals surface area contributed by atoms with Crippen molar-refractivity contribution in [1.82, 2.24) is 15.5 Å². The number of rotatable bonds is 12. The summed E-state index contributed by atoms with van der Waals surface area (Å²) in [6.07, 6.45) is -0.567. The van der Waals surface area contributed by atoms with Crippen LogP contribution in [0.2, 0.25) is 0 Å². The van der Waals surface area contributed by atoms with E-state index in [-0.39, 0.29) is 12.5 Å². The second-order valence-corrected chi connectivity index (χ2v) is 6.64. The molecule has 0 aliphatic carbocycles. The second kappa shape index (κ2) is 11.7. The monoisotopic (exact) mass is 367 g/mol. The number of carbonyl (C=O) groups excluding carboxylic acids is 1. The van der Waals surface area contributed by atoms with Crippen LogP contribution >= 0.6 is 0 Å². The molecule has 0 fully saturated rings. The summed E-state index contributed by atoms with van der Waals surface area (Å²) in [5, 5.41) is 16.1. The summed E-state index contributed by atoms with van der Waals surface area (Å²) in [4.78, 5) is 12.9. The molecule has 0 saturated heterocycles. The van der Waals surface area contributed by atoms with Crippen molar-refractivity contribution in [2.75, 3.05) is 40.4 Å². The van der Waals surface area contributed by atoms with Gasteiger partial charge in [0.1, 0.15) is 12.7 Å². The third kappa shape index (κ3) is 8.51. The molecule has 3 N–H and O–H groups in total. The number of ether oxygens (including phenoxy) is 2. The molecule has 7 nitrogen and oxygen atoms in total. The summed E-state index contributed by atoms with van der Waals surface area (Å²) in [6, 6.07) is 6.09. The van der Waals surface area contributed by atoms with Crippen molar-refractivity contribution in [1.29, 1.82) is 0 Å². The summed E-state index contributed by atoms with van der Waals surface area (Å²) in [5.41, 5.74) is 1.05. The number of benzene rings is 1. The number of aliphatic hydroxyl groups excluding tert-OH is 1. The Morgan fingerprint density at radius 1 is 1.27 bits per heavy atom. The van der Waals surface area contributed by atoms with Gasteiger partial charge in [-0.1, -0.05) is 6.07 Å². The van der Waals surface area contributed by atoms with Gasteiger partial charge in [0.25, 0.3) is 0 Å². The Balaban J connectivity index is 2.48. The number of methoxy groups -OCH3 is 1. The van der Waals surface area contributed by atoms with Crippen LogP contribution < -0.4 is 20.1 Å². The van der Waals surface area contributed by atoms with Crippen LogP contribution in [0.3, 0.4) is 0 Å². The summed E-state index contributed by atoms with van der Waals surface area (Å²) in [6.45, 7) is 8.38. The normalized spacial score (nSPS) is 12.3. The molecular formula is C19H33N3O4. The fourth-order valence-electron chi connectivity index (χ4n) is 2.28. The van der Waals surface area contributed by atoms with Crippen molar-refractivity contribution in [2.24, 2.45) is 0 Å². The van der Waals surface area contributed by atoms with Crippen molar-refractivity contribution in [2.45, 2.75) is 39.5 Å². The van der Waals surface area contributed by atoms with Crippen LogP contribution in [0.1, 0.15) is 26.3 Å². The Morgan fingerprint density at radius 3 is 2.62 bits per heavy atom. The van der Waals surface area contributed by atoms with E-state index in [0.29, 0.717) is 43.7 Å². The quantitative estimate of drug-likeness (QED) is 0.478. The van der Waals surface area contributed by atoms with Gasteiger partial charge in [-0.2, -0.15) is 0 Å². The highest BCUT2D eigenvalue weighted by Gasteiger charge is 2.13. The lowest BCUT2D eigenvalue weighted by molar-refractivity contribution is -0.118. The van der Waals surface area contributed by atoms with Crippen molar-refractivity contribution < 1.29 is 19.4 Å². The maximum absolute atomic E-state index is 10.8. The van der Waals surface area contributed by atoms with E-state index in [1.54, 1.807) is 7.11 Å². The maximum Gasteiger partial charge on any atom is 0.216 e. The molecule has 0 aliphatic rings. The molecule has 0 spiro atoms. The first kappa shape index (κ1) is 22.2. The molecule has 1 aromatic rings. The first-order chi connectivity index (χ1) is 12.3. The van der Waals surface area contributed by atoms with Crippen LogP contribution in [0.25, 0.3) is 0 Å². The summed E-state index contributed by atoms with van der Waals surface area (Å²) >= 11 is 0. The summed E-state index contributed by atoms with van der Waals surface area (Å²) < 4.78 is 11.1. The fourth-order valence-corrected chi connectivity index (χ4v) is 2.28. The van der Waals surface area contributed by atoms with Crippen LogP contribution in [0.4, 0.5) is 0 Å². The lowest BCUT2D eigenvalue weighted by Crippen LogP contribution is -2.36. The van der Waals surface area contributed by atoms with Gasteiger partial charge in [-0.05, 0) is 38.6 Å². The highest BCUT2D eigenvalue weighted by molar-refractivity contribution is 5.72. The average molecular weight is 367 g/mol. The molecule has 0 aliphatic heterocycles. The van der Waals surface area contributed by atoms with Gasteiger partial charge in [-0.25, -0.2) is 0 Å². The van der Waals surface area contributed by atoms with E-state index in [1.165, 1.54) is 6.92 Å². The number of carbonyl (C=O) groups is 1. The van der Waals surface area contributed by atoms with Gasteiger partial charge in [0, 0.05) is 39.1 Å². The lowest BCUT2D eigenvalue weighted by atomic mass is 10.2. The number of likely N-dealkylation sites (N-methyl/N-ethyl adjacent to an activating group) is 1. The number of amides is 1. The van der Waals surface area contributed by atoms with Crippen molar-refractivity contribution in [3.63, 3.8) is 0 Å². The summed E-state index contributed by atoms with van der Waals surface area (Å²) in [7, 11) is 3.57. The molecule has 0 bridgehead atoms. The number of hydrogen-bond acceptors (Lipinski definition) is 6. The average Bonchev–Trinajstić information content (AvgIpc) is 2.59. The number of nitrogens with one attached hydrogen (secondary N) is 2. The highest BCUT2D eigenvalue weighted by Crippen LogP contribution is 2.28. The summed E-state index contributed by atoms with van der Waals surface area (Å²) in [5.74, 6) is 1.22. The highest BCUT2D eigenvalue weighted by atomic mass is 16.5. The largest absolute Gasteiger partial charge is 0.493 e. The molecule has 1 amide bonds. The van der Waals surface area contributed by atoms with Crippen molar-refractivity contribution in [3.8, 4) is 11.5 Å². The molecule has 1 atom stereocenters. The van der Waals surface area contributed by atoms with Crippen LogP contribution in [-0.2, 0) is 11.3 Å². The number of hydrogen-bond donors (Lipinski definition) is 3. The maximum atomic E-state index is 10.8. The fraction of sp³-hybridized carbons (Fsp3) is 0.632. The molecule has 1 rings (SSSR count). The van der Waals surface area contributed by atoms with Gasteiger partial charge < -0.3 is 30.1 Å². The predicted octanol–water partition coefficient (Wildman–Crippen LogP) is 1.00. The van der Waals surface area contributed by atoms with Gasteiger partial charge in [0.2, 0.25) is 5.91 Å². The Kier molecular flexibility index (Phi) is 10.0. The molecule has 7 heteroatoms. The zero-order valence-electron chi connectivity index (χ0n) is 16.5. The Bertz CT molecular complexity index is 552. The third-order valence-electron chi connectivity index (χ3n) is 4.04. The number of nitrogens with zero attached hydrogens (tertiary/aromatic N) is 1. The smallest absolute Gasteiger partial charge is 0.216 e. The van der Waals surface area contributed by atoms with E-state index >= 15 is 0 Å². The van der Waals surface area contributed by atoms with Crippen LogP contribution in [0, 0.1) is 0 Å². The Labute approximate surface area is 156 Å². The van der Waals surface area contributed by atoms with Crippen molar-refractivity contribution in [3.05, 3.63) is 23.8 Å². The van der Waals surface area contributed by atoms with Crippen LogP contribution in [0.5, 0.6) is 11.5 Å². The molecule has 0 aromatic heterocycles. The molecule has 0 unspecified atom stereocenters. The molecular weight excluding hydrogens is 334 g/mol. The molecule has 26 heavy (non-hydrogen) atoms. The zero-order valence-corrected chi connectivity index (χ0v) is 16.5. The third-order valence-corrected chi connectivity index (χ3v) is 4.04. The Morgan fingerprint density at radius 2 is 2.00 bits per heavy atom. The van der Waals surface area contributed by atoms with Gasteiger partial charge in [0.05, 0.1) is 7.11 Å². The molecule has 1 aromatic carbocycles. The van der Waals surface area contributed by atoms with E-state index in [2.05, 4.69) is 29.4 Å². The van der Waals surface area contributed by atoms with E-state index in [0.717, 1.165) is 5.56 Å². The minimum absolute atomic E-state index is 0.0308. The molecule has 0 heterocycles. The molecule has 0 saturated carbocycles. The number of aliphatic hydroxyl groups is 1. The zero-order chi connectivity index (χ0) is 19.5. The standard InChI is InChI=1S/C19H33N3O4/c1-14(2)22(4)12-17(24)13-26-18-7-6-16(10-19(18)25-5)11-20-8-9-21-15(3)23/h6-7,10,14,17,20,24H,8-9,11-13H2,1-5H3,(H,21,23)/t17-/m0/s1. The van der Waals surface area contributed by atoms with Gasteiger partial charge in [-0.15, -0.1) is 0 Å². The lowest BCUT2D eigenvalue weighted by Gasteiger charge is -2.24. The topological polar surface area (TPSA) is 83.1 Å². The second-order valence-electron chi connectivity index (χ2n) is 6.64. The first-order valence-electron chi connectivity index (χ1n) is 8.96. The first-order valence-corrected chi connectivity index (χ1v) is 8.96. The van der Waals surface area contributed by atoms with Gasteiger partial charge in [-0.3, -0.25) is 4.79 Å². The Hall–Kier alpha value is -1.83. The van der Waals surface area contributed by atoms with Crippen molar-refractivity contribution >= 4 is 5.91 Å². The van der Waals surface area contributed by atoms with E-state index < -0.39 is 6.10 Å². The van der Waals surface area contributed by atoms with E-state index in [4.69, 9.17) is 9.47 Å². The molecule has 148 valence electrons. The van der Waals surface area contributed by atoms with Gasteiger partial charge in [0.15, 0.2) is 11.5 Å². The minimum Gasteiger partial charge on any atom is -0.493 e. The minimum atomic E-state index is -0.567. The van der Waals surface area contributed by atoms with Crippen LogP contribution in [-0.4, -0.2) is 68.5 Å². The SMILES string of the molecule is COc1cc(CNCCNC(C)=O)ccc1OC[C@@H](O)CN(C)C(C)C. The predicted molar refractivity (Wildman–Crippen MR) is 103 cm³/mol. The van der Waals surface area contributed by atoms with Gasteiger partial charge >= 0.3 is 0 Å². The van der Waals surface area contributed by atoms with E-state index in [9.17, 15) is 9.90 Å². The van der Waals surface area contributed by atoms with Crippen LogP contribution in [0.15, 0.2) is 18.2 Å². The van der Waals surface area contributed by atoms with E-state index in [1.807, 2.05) is 25.2 Å².